The van der Waals surface area contributed by atoms with Crippen LogP contribution in [0, 0.1) is 0 Å². The van der Waals surface area contributed by atoms with Crippen molar-refractivity contribution < 1.29 is 4.79 Å². The first kappa shape index (κ1) is 21.6. The zero-order valence-corrected chi connectivity index (χ0v) is 18.6. The Morgan fingerprint density at radius 1 is 1.03 bits per heavy atom. The van der Waals surface area contributed by atoms with Gasteiger partial charge in [-0.25, -0.2) is 4.68 Å². The van der Waals surface area contributed by atoms with Gasteiger partial charge in [-0.15, -0.1) is 0 Å². The first-order chi connectivity index (χ1) is 15.1. The summed E-state index contributed by atoms with van der Waals surface area (Å²) < 4.78 is 1.75. The number of halogens is 1. The number of nitrogens with zero attached hydrogens (tertiary/aromatic N) is 4. The molecule has 162 valence electrons. The Labute approximate surface area is 188 Å². The van der Waals surface area contributed by atoms with Gasteiger partial charge in [-0.3, -0.25) is 4.79 Å². The molecule has 7 heteroatoms. The van der Waals surface area contributed by atoms with E-state index in [0.29, 0.717) is 22.8 Å². The Balaban J connectivity index is 1.46. The van der Waals surface area contributed by atoms with Gasteiger partial charge in [0, 0.05) is 49.5 Å². The summed E-state index contributed by atoms with van der Waals surface area (Å²) in [5.74, 6) is -0.106. The van der Waals surface area contributed by atoms with E-state index in [1.54, 1.807) is 10.9 Å². The second kappa shape index (κ2) is 10.1. The van der Waals surface area contributed by atoms with Crippen molar-refractivity contribution in [3.8, 4) is 16.9 Å². The van der Waals surface area contributed by atoms with Crippen LogP contribution in [0.3, 0.4) is 0 Å². The van der Waals surface area contributed by atoms with Crippen LogP contribution >= 0.6 is 11.6 Å². The molecule has 1 saturated heterocycles. The molecule has 0 saturated carbocycles. The number of para-hydroxylation sites is 1. The van der Waals surface area contributed by atoms with E-state index in [0.717, 1.165) is 50.4 Å². The van der Waals surface area contributed by atoms with Crippen molar-refractivity contribution in [1.29, 1.82) is 0 Å². The van der Waals surface area contributed by atoms with Gasteiger partial charge in [0.15, 0.2) is 0 Å². The minimum absolute atomic E-state index is 0.106. The molecule has 1 aliphatic heterocycles. The van der Waals surface area contributed by atoms with E-state index in [1.165, 1.54) is 0 Å². The fourth-order valence-corrected chi connectivity index (χ4v) is 3.87. The standard InChI is InChI=1S/C24H28ClN5O/c1-28-14-16-29(17-15-28)13-5-12-26-24(31)22-18-30(21-6-3-2-4-7-21)27-23(22)19-8-10-20(25)11-9-19/h2-4,6-11,18H,5,12-17H2,1H3,(H,26,31). The Morgan fingerprint density at radius 3 is 2.45 bits per heavy atom. The fraction of sp³-hybridized carbons (Fsp3) is 0.333. The molecule has 0 atom stereocenters. The highest BCUT2D eigenvalue weighted by molar-refractivity contribution is 6.30. The lowest BCUT2D eigenvalue weighted by atomic mass is 10.1. The van der Waals surface area contributed by atoms with Crippen molar-refractivity contribution >= 4 is 17.5 Å². The number of carbonyl (C=O) groups excluding carboxylic acids is 1. The van der Waals surface area contributed by atoms with Crippen molar-refractivity contribution in [3.05, 3.63) is 71.4 Å². The van der Waals surface area contributed by atoms with E-state index in [9.17, 15) is 4.79 Å². The van der Waals surface area contributed by atoms with E-state index in [4.69, 9.17) is 16.7 Å². The molecule has 1 aliphatic rings. The molecule has 2 aromatic carbocycles. The maximum absolute atomic E-state index is 13.0. The number of hydrogen-bond donors (Lipinski definition) is 1. The van der Waals surface area contributed by atoms with Crippen LogP contribution in [0.4, 0.5) is 0 Å². The number of likely N-dealkylation sites (N-methyl/N-ethyl adjacent to an activating group) is 1. The topological polar surface area (TPSA) is 53.4 Å². The van der Waals surface area contributed by atoms with Crippen LogP contribution in [0.15, 0.2) is 60.8 Å². The Hall–Kier alpha value is -2.67. The van der Waals surface area contributed by atoms with Crippen LogP contribution in [-0.2, 0) is 0 Å². The number of benzene rings is 2. The minimum atomic E-state index is -0.106. The average Bonchev–Trinajstić information content (AvgIpc) is 3.24. The lowest BCUT2D eigenvalue weighted by molar-refractivity contribution is 0.0950. The van der Waals surface area contributed by atoms with Crippen LogP contribution in [-0.4, -0.2) is 71.8 Å². The third kappa shape index (κ3) is 5.53. The molecule has 1 N–H and O–H groups in total. The molecular weight excluding hydrogens is 410 g/mol. The second-order valence-electron chi connectivity index (χ2n) is 7.93. The van der Waals surface area contributed by atoms with Gasteiger partial charge < -0.3 is 15.1 Å². The van der Waals surface area contributed by atoms with Gasteiger partial charge in [-0.2, -0.15) is 5.10 Å². The monoisotopic (exact) mass is 437 g/mol. The van der Waals surface area contributed by atoms with Crippen molar-refractivity contribution in [2.75, 3.05) is 46.3 Å². The lowest BCUT2D eigenvalue weighted by Crippen LogP contribution is -2.45. The third-order valence-corrected chi connectivity index (χ3v) is 5.88. The molecule has 6 nitrogen and oxygen atoms in total. The summed E-state index contributed by atoms with van der Waals surface area (Å²) in [6, 6.07) is 17.2. The Kier molecular flexibility index (Phi) is 7.02. The molecule has 4 rings (SSSR count). The average molecular weight is 438 g/mol. The maximum Gasteiger partial charge on any atom is 0.255 e. The van der Waals surface area contributed by atoms with Crippen LogP contribution in [0.1, 0.15) is 16.8 Å². The number of aromatic nitrogens is 2. The van der Waals surface area contributed by atoms with E-state index in [2.05, 4.69) is 22.2 Å². The Morgan fingerprint density at radius 2 is 1.74 bits per heavy atom. The summed E-state index contributed by atoms with van der Waals surface area (Å²) in [5.41, 5.74) is 2.98. The van der Waals surface area contributed by atoms with Crippen LogP contribution in [0.25, 0.3) is 16.9 Å². The normalized spacial score (nSPS) is 15.2. The SMILES string of the molecule is CN1CCN(CCCNC(=O)c2cn(-c3ccccc3)nc2-c2ccc(Cl)cc2)CC1. The van der Waals surface area contributed by atoms with Gasteiger partial charge in [0.25, 0.3) is 5.91 Å². The zero-order chi connectivity index (χ0) is 21.6. The number of piperazine rings is 1. The molecule has 0 unspecified atom stereocenters. The molecule has 1 fully saturated rings. The summed E-state index contributed by atoms with van der Waals surface area (Å²) in [6.07, 6.45) is 2.73. The number of amides is 1. The van der Waals surface area contributed by atoms with Crippen molar-refractivity contribution in [3.63, 3.8) is 0 Å². The second-order valence-corrected chi connectivity index (χ2v) is 8.37. The van der Waals surface area contributed by atoms with Crippen molar-refractivity contribution in [1.82, 2.24) is 24.9 Å². The summed E-state index contributed by atoms with van der Waals surface area (Å²) in [7, 11) is 2.16. The first-order valence-electron chi connectivity index (χ1n) is 10.7. The molecule has 1 aromatic heterocycles. The molecule has 3 aromatic rings. The van der Waals surface area contributed by atoms with Gasteiger partial charge in [-0.05, 0) is 44.3 Å². The molecular formula is C24H28ClN5O. The number of rotatable bonds is 7. The lowest BCUT2D eigenvalue weighted by Gasteiger charge is -2.32. The highest BCUT2D eigenvalue weighted by atomic mass is 35.5. The van der Waals surface area contributed by atoms with E-state index >= 15 is 0 Å². The highest BCUT2D eigenvalue weighted by Gasteiger charge is 2.19. The van der Waals surface area contributed by atoms with Gasteiger partial charge in [-0.1, -0.05) is 41.9 Å². The van der Waals surface area contributed by atoms with Crippen LogP contribution < -0.4 is 5.32 Å². The highest BCUT2D eigenvalue weighted by Crippen LogP contribution is 2.25. The summed E-state index contributed by atoms with van der Waals surface area (Å²) in [5, 5.41) is 8.44. The third-order valence-electron chi connectivity index (χ3n) is 5.63. The molecule has 0 spiro atoms. The van der Waals surface area contributed by atoms with E-state index in [1.807, 2.05) is 54.6 Å². The summed E-state index contributed by atoms with van der Waals surface area (Å²) >= 11 is 6.05. The predicted octanol–water partition coefficient (Wildman–Crippen LogP) is 3.56. The maximum atomic E-state index is 13.0. The quantitative estimate of drug-likeness (QED) is 0.574. The number of hydrogen-bond acceptors (Lipinski definition) is 4. The van der Waals surface area contributed by atoms with Gasteiger partial charge in [0.1, 0.15) is 5.69 Å². The predicted molar refractivity (Wildman–Crippen MR) is 125 cm³/mol. The van der Waals surface area contributed by atoms with Crippen molar-refractivity contribution in [2.45, 2.75) is 6.42 Å². The van der Waals surface area contributed by atoms with Crippen LogP contribution in [0.2, 0.25) is 5.02 Å². The molecule has 0 radical (unpaired) electrons. The van der Waals surface area contributed by atoms with Crippen LogP contribution in [0.5, 0.6) is 0 Å². The molecule has 31 heavy (non-hydrogen) atoms. The molecule has 0 aliphatic carbocycles. The van der Waals surface area contributed by atoms with Gasteiger partial charge >= 0.3 is 0 Å². The van der Waals surface area contributed by atoms with Gasteiger partial charge in [0.2, 0.25) is 0 Å². The largest absolute Gasteiger partial charge is 0.352 e. The number of carbonyl (C=O) groups is 1. The minimum Gasteiger partial charge on any atom is -0.352 e. The smallest absolute Gasteiger partial charge is 0.255 e. The molecule has 0 bridgehead atoms. The van der Waals surface area contributed by atoms with Crippen molar-refractivity contribution in [2.24, 2.45) is 0 Å². The summed E-state index contributed by atoms with van der Waals surface area (Å²) in [4.78, 5) is 17.8. The first-order valence-corrected chi connectivity index (χ1v) is 11.1. The Bertz CT molecular complexity index is 995. The van der Waals surface area contributed by atoms with E-state index in [-0.39, 0.29) is 5.91 Å². The number of nitrogens with one attached hydrogen (secondary N) is 1. The zero-order valence-electron chi connectivity index (χ0n) is 17.8. The van der Waals surface area contributed by atoms with Gasteiger partial charge in [0.05, 0.1) is 11.3 Å². The van der Waals surface area contributed by atoms with E-state index < -0.39 is 0 Å². The summed E-state index contributed by atoms with van der Waals surface area (Å²) in [6.45, 7) is 6.04. The molecule has 1 amide bonds. The fourth-order valence-electron chi connectivity index (χ4n) is 3.75. The molecule has 2 heterocycles.